The van der Waals surface area contributed by atoms with Crippen LogP contribution in [-0.4, -0.2) is 33.8 Å². The fraction of sp³-hybridized carbons (Fsp3) is 0.154. The van der Waals surface area contributed by atoms with Crippen LogP contribution in [0.5, 0.6) is 0 Å². The Labute approximate surface area is 199 Å². The van der Waals surface area contributed by atoms with Crippen molar-refractivity contribution < 1.29 is 18.0 Å². The molecule has 0 aliphatic carbocycles. The smallest absolute Gasteiger partial charge is 0.264 e. The van der Waals surface area contributed by atoms with Crippen LogP contribution in [0.3, 0.4) is 0 Å². The summed E-state index contributed by atoms with van der Waals surface area (Å²) in [5.41, 5.74) is 2.58. The second-order valence-corrected chi connectivity index (χ2v) is 9.87. The number of rotatable bonds is 7. The van der Waals surface area contributed by atoms with E-state index in [9.17, 15) is 18.0 Å². The molecule has 174 valence electrons. The molecule has 3 aromatic carbocycles. The molecule has 0 saturated carbocycles. The van der Waals surface area contributed by atoms with Gasteiger partial charge in [-0.25, -0.2) is 8.42 Å². The van der Waals surface area contributed by atoms with Gasteiger partial charge in [-0.3, -0.25) is 13.9 Å². The quantitative estimate of drug-likeness (QED) is 0.517. The number of nitrogens with zero attached hydrogens (tertiary/aromatic N) is 2. The molecule has 0 radical (unpaired) electrons. The van der Waals surface area contributed by atoms with Crippen molar-refractivity contribution >= 4 is 45.0 Å². The van der Waals surface area contributed by atoms with Crippen LogP contribution >= 0.6 is 0 Å². The second-order valence-electron chi connectivity index (χ2n) is 7.90. The van der Waals surface area contributed by atoms with Crippen LogP contribution in [0.15, 0.2) is 89.8 Å². The summed E-state index contributed by atoms with van der Waals surface area (Å²) in [7, 11) is -2.30. The molecule has 34 heavy (non-hydrogen) atoms. The van der Waals surface area contributed by atoms with Gasteiger partial charge < -0.3 is 10.2 Å². The van der Waals surface area contributed by atoms with Gasteiger partial charge in [0.15, 0.2) is 0 Å². The summed E-state index contributed by atoms with van der Waals surface area (Å²) in [5.74, 6) is -0.258. The highest BCUT2D eigenvalue weighted by atomic mass is 32.2. The number of carbonyl (C=O) groups excluding carboxylic acids is 2. The molecule has 1 saturated heterocycles. The number of nitrogens with one attached hydrogen (secondary N) is 1. The Balaban J connectivity index is 1.42. The summed E-state index contributed by atoms with van der Waals surface area (Å²) < 4.78 is 27.2. The van der Waals surface area contributed by atoms with Gasteiger partial charge in [-0.15, -0.1) is 0 Å². The number of carbonyl (C=O) groups is 2. The Bertz CT molecular complexity index is 1320. The molecule has 1 fully saturated rings. The Hall–Kier alpha value is -3.91. The zero-order valence-electron chi connectivity index (χ0n) is 18.7. The standard InChI is InChI=1S/C26H25N3O4S/c1-28(22-8-3-2-4-9-22)34(32,33)24-10-5-7-21(19-24)27-25(30)17-14-20-12-15-23(16-13-20)29-18-6-11-26(29)31/h2-5,7-10,12-17,19H,6,11,18H2,1H3,(H,27,30)/b17-14+. The fourth-order valence-corrected chi connectivity index (χ4v) is 4.95. The van der Waals surface area contributed by atoms with Gasteiger partial charge in [-0.2, -0.15) is 0 Å². The molecule has 1 N–H and O–H groups in total. The van der Waals surface area contributed by atoms with Gasteiger partial charge in [0.1, 0.15) is 0 Å². The molecule has 0 unspecified atom stereocenters. The molecule has 3 aromatic rings. The summed E-state index contributed by atoms with van der Waals surface area (Å²) in [5, 5.41) is 2.70. The van der Waals surface area contributed by atoms with Gasteiger partial charge >= 0.3 is 0 Å². The van der Waals surface area contributed by atoms with Crippen LogP contribution in [0.1, 0.15) is 18.4 Å². The molecule has 4 rings (SSSR count). The van der Waals surface area contributed by atoms with Crippen molar-refractivity contribution in [2.45, 2.75) is 17.7 Å². The Morgan fingerprint density at radius 2 is 1.74 bits per heavy atom. The summed E-state index contributed by atoms with van der Waals surface area (Å²) in [6.45, 7) is 0.729. The molecule has 0 spiro atoms. The van der Waals surface area contributed by atoms with Gasteiger partial charge in [0.25, 0.3) is 10.0 Å². The van der Waals surface area contributed by atoms with E-state index in [2.05, 4.69) is 5.32 Å². The minimum Gasteiger partial charge on any atom is -0.322 e. The maximum Gasteiger partial charge on any atom is 0.264 e. The van der Waals surface area contributed by atoms with Crippen molar-refractivity contribution in [3.8, 4) is 0 Å². The SMILES string of the molecule is CN(c1ccccc1)S(=O)(=O)c1cccc(NC(=O)/C=C/c2ccc(N3CCCC3=O)cc2)c1. The van der Waals surface area contributed by atoms with E-state index >= 15 is 0 Å². The maximum atomic E-state index is 13.0. The van der Waals surface area contributed by atoms with E-state index in [1.807, 2.05) is 30.3 Å². The fourth-order valence-electron chi connectivity index (χ4n) is 3.71. The van der Waals surface area contributed by atoms with E-state index < -0.39 is 10.0 Å². The third-order valence-corrected chi connectivity index (χ3v) is 7.37. The third kappa shape index (κ3) is 5.18. The molecule has 8 heteroatoms. The van der Waals surface area contributed by atoms with Gasteiger partial charge in [0.2, 0.25) is 11.8 Å². The lowest BCUT2D eigenvalue weighted by Gasteiger charge is -2.19. The number of sulfonamides is 1. The van der Waals surface area contributed by atoms with Gasteiger partial charge in [-0.05, 0) is 60.5 Å². The Morgan fingerprint density at radius 1 is 1.00 bits per heavy atom. The predicted octanol–water partition coefficient (Wildman–Crippen LogP) is 4.29. The molecule has 1 aliphatic rings. The van der Waals surface area contributed by atoms with Crippen LogP contribution in [0.25, 0.3) is 6.08 Å². The summed E-state index contributed by atoms with van der Waals surface area (Å²) in [4.78, 5) is 26.1. The first-order valence-electron chi connectivity index (χ1n) is 10.9. The summed E-state index contributed by atoms with van der Waals surface area (Å²) >= 11 is 0. The molecular weight excluding hydrogens is 450 g/mol. The van der Waals surface area contributed by atoms with E-state index in [0.717, 1.165) is 24.2 Å². The highest BCUT2D eigenvalue weighted by molar-refractivity contribution is 7.92. The van der Waals surface area contributed by atoms with E-state index in [1.165, 1.54) is 29.6 Å². The maximum absolute atomic E-state index is 13.0. The van der Waals surface area contributed by atoms with E-state index in [4.69, 9.17) is 0 Å². The van der Waals surface area contributed by atoms with Crippen LogP contribution in [-0.2, 0) is 19.6 Å². The first-order chi connectivity index (χ1) is 16.3. The average molecular weight is 476 g/mol. The van der Waals surface area contributed by atoms with Crippen molar-refractivity contribution in [3.63, 3.8) is 0 Å². The normalized spacial score (nSPS) is 13.9. The van der Waals surface area contributed by atoms with Crippen LogP contribution in [0.2, 0.25) is 0 Å². The number of hydrogen-bond acceptors (Lipinski definition) is 4. The highest BCUT2D eigenvalue weighted by Crippen LogP contribution is 2.24. The van der Waals surface area contributed by atoms with Crippen molar-refractivity contribution in [1.29, 1.82) is 0 Å². The molecule has 1 aliphatic heterocycles. The lowest BCUT2D eigenvalue weighted by atomic mass is 10.2. The van der Waals surface area contributed by atoms with E-state index in [1.54, 1.807) is 47.4 Å². The number of anilines is 3. The van der Waals surface area contributed by atoms with Crippen LogP contribution < -0.4 is 14.5 Å². The summed E-state index contributed by atoms with van der Waals surface area (Å²) in [6, 6.07) is 22.3. The Morgan fingerprint density at radius 3 is 2.41 bits per heavy atom. The first kappa shape index (κ1) is 23.3. The number of para-hydroxylation sites is 1. The van der Waals surface area contributed by atoms with Crippen molar-refractivity contribution in [3.05, 3.63) is 90.5 Å². The minimum atomic E-state index is -3.78. The molecule has 0 atom stereocenters. The molecule has 0 aromatic heterocycles. The number of hydrogen-bond donors (Lipinski definition) is 1. The highest BCUT2D eigenvalue weighted by Gasteiger charge is 2.22. The zero-order chi connectivity index (χ0) is 24.1. The van der Waals surface area contributed by atoms with Gasteiger partial charge in [0.05, 0.1) is 10.6 Å². The van der Waals surface area contributed by atoms with Gasteiger partial charge in [0, 0.05) is 37.5 Å². The monoisotopic (exact) mass is 475 g/mol. The lowest BCUT2D eigenvalue weighted by molar-refractivity contribution is -0.117. The zero-order valence-corrected chi connectivity index (χ0v) is 19.5. The predicted molar refractivity (Wildman–Crippen MR) is 134 cm³/mol. The number of benzene rings is 3. The minimum absolute atomic E-state index is 0.0766. The number of amides is 2. The summed E-state index contributed by atoms with van der Waals surface area (Å²) in [6.07, 6.45) is 4.49. The van der Waals surface area contributed by atoms with E-state index in [0.29, 0.717) is 17.8 Å². The second kappa shape index (κ2) is 9.93. The lowest BCUT2D eigenvalue weighted by Crippen LogP contribution is -2.26. The van der Waals surface area contributed by atoms with E-state index in [-0.39, 0.29) is 16.7 Å². The molecule has 1 heterocycles. The topological polar surface area (TPSA) is 86.8 Å². The molecular formula is C26H25N3O4S. The Kier molecular flexibility index (Phi) is 6.79. The third-order valence-electron chi connectivity index (χ3n) is 5.59. The van der Waals surface area contributed by atoms with Gasteiger partial charge in [-0.1, -0.05) is 36.4 Å². The molecule has 7 nitrogen and oxygen atoms in total. The largest absolute Gasteiger partial charge is 0.322 e. The van der Waals surface area contributed by atoms with Crippen molar-refractivity contribution in [2.24, 2.45) is 0 Å². The molecule has 2 amide bonds. The van der Waals surface area contributed by atoms with Crippen molar-refractivity contribution in [2.75, 3.05) is 28.1 Å². The van der Waals surface area contributed by atoms with Crippen LogP contribution in [0.4, 0.5) is 17.1 Å². The van der Waals surface area contributed by atoms with Crippen LogP contribution in [0, 0.1) is 0 Å². The molecule has 0 bridgehead atoms. The average Bonchev–Trinajstić information content (AvgIpc) is 3.29. The first-order valence-corrected chi connectivity index (χ1v) is 12.3. The van der Waals surface area contributed by atoms with Crippen molar-refractivity contribution in [1.82, 2.24) is 0 Å².